The second-order valence-electron chi connectivity index (χ2n) is 6.02. The summed E-state index contributed by atoms with van der Waals surface area (Å²) in [5, 5.41) is 3.19. The highest BCUT2D eigenvalue weighted by molar-refractivity contribution is 5.70. The fraction of sp³-hybridized carbons (Fsp3) is 0.923. The number of carbonyl (C=O) groups is 1. The van der Waals surface area contributed by atoms with Gasteiger partial charge in [-0.25, -0.2) is 0 Å². The maximum absolute atomic E-state index is 11.5. The van der Waals surface area contributed by atoms with Gasteiger partial charge in [-0.1, -0.05) is 27.7 Å². The Balaban J connectivity index is 4.27. The van der Waals surface area contributed by atoms with E-state index in [1.54, 1.807) is 0 Å². The first-order chi connectivity index (χ1) is 7.22. The van der Waals surface area contributed by atoms with Crippen molar-refractivity contribution in [1.82, 2.24) is 5.32 Å². The summed E-state index contributed by atoms with van der Waals surface area (Å²) in [4.78, 5) is 11.5. The van der Waals surface area contributed by atoms with Gasteiger partial charge in [-0.2, -0.15) is 0 Å². The lowest BCUT2D eigenvalue weighted by molar-refractivity contribution is -0.145. The van der Waals surface area contributed by atoms with Crippen molar-refractivity contribution in [3.63, 3.8) is 0 Å². The average Bonchev–Trinajstić information content (AvgIpc) is 1.99. The highest BCUT2D eigenvalue weighted by Gasteiger charge is 2.30. The predicted molar refractivity (Wildman–Crippen MR) is 67.4 cm³/mol. The molecule has 0 radical (unpaired) electrons. The van der Waals surface area contributed by atoms with Crippen LogP contribution in [0.4, 0.5) is 0 Å². The minimum atomic E-state index is -0.0900. The van der Waals surface area contributed by atoms with Crippen LogP contribution in [0.5, 0.6) is 0 Å². The molecule has 0 fully saturated rings. The van der Waals surface area contributed by atoms with Crippen molar-refractivity contribution >= 4 is 5.97 Å². The Morgan fingerprint density at radius 1 is 1.19 bits per heavy atom. The third-order valence-electron chi connectivity index (χ3n) is 2.54. The van der Waals surface area contributed by atoms with E-state index < -0.39 is 0 Å². The van der Waals surface area contributed by atoms with Crippen molar-refractivity contribution in [2.45, 2.75) is 47.5 Å². The lowest BCUT2D eigenvalue weighted by Gasteiger charge is -2.34. The molecule has 0 aliphatic rings. The number of carbonyl (C=O) groups excluding carboxylic acids is 1. The van der Waals surface area contributed by atoms with E-state index in [2.05, 4.69) is 33.0 Å². The number of rotatable bonds is 7. The van der Waals surface area contributed by atoms with Crippen molar-refractivity contribution in [3.8, 4) is 0 Å². The van der Waals surface area contributed by atoms with E-state index in [4.69, 9.17) is 4.74 Å². The summed E-state index contributed by atoms with van der Waals surface area (Å²) >= 11 is 0. The van der Waals surface area contributed by atoms with Gasteiger partial charge in [0.05, 0.1) is 13.0 Å². The molecule has 0 aromatic heterocycles. The fourth-order valence-corrected chi connectivity index (χ4v) is 2.50. The van der Waals surface area contributed by atoms with Gasteiger partial charge in [0.15, 0.2) is 0 Å². The van der Waals surface area contributed by atoms with Gasteiger partial charge in [0.2, 0.25) is 0 Å². The van der Waals surface area contributed by atoms with Crippen LogP contribution in [0.1, 0.15) is 47.5 Å². The molecule has 0 saturated heterocycles. The first-order valence-corrected chi connectivity index (χ1v) is 6.03. The third-order valence-corrected chi connectivity index (χ3v) is 2.54. The smallest absolute Gasteiger partial charge is 0.306 e. The van der Waals surface area contributed by atoms with Gasteiger partial charge in [-0.05, 0) is 37.8 Å². The summed E-state index contributed by atoms with van der Waals surface area (Å²) in [7, 11) is 1.96. The average molecular weight is 229 g/mol. The Hall–Kier alpha value is -0.570. The summed E-state index contributed by atoms with van der Waals surface area (Å²) in [6.45, 7) is 12.0. The molecule has 0 heterocycles. The number of nitrogens with one attached hydrogen (secondary N) is 1. The Bertz CT molecular complexity index is 222. The zero-order valence-electron chi connectivity index (χ0n) is 11.6. The lowest BCUT2D eigenvalue weighted by atomic mass is 9.73. The van der Waals surface area contributed by atoms with Crippen LogP contribution in [0.3, 0.4) is 0 Å². The van der Waals surface area contributed by atoms with E-state index in [-0.39, 0.29) is 16.8 Å². The van der Waals surface area contributed by atoms with Crippen LogP contribution in [0.15, 0.2) is 0 Å². The topological polar surface area (TPSA) is 38.3 Å². The summed E-state index contributed by atoms with van der Waals surface area (Å²) < 4.78 is 5.00. The molecular formula is C13H27NO2. The lowest BCUT2D eigenvalue weighted by Crippen LogP contribution is -2.33. The Morgan fingerprint density at radius 2 is 1.75 bits per heavy atom. The third kappa shape index (κ3) is 6.83. The highest BCUT2D eigenvalue weighted by atomic mass is 16.5. The van der Waals surface area contributed by atoms with Crippen LogP contribution >= 0.6 is 0 Å². The van der Waals surface area contributed by atoms with Crippen LogP contribution in [0.2, 0.25) is 0 Å². The predicted octanol–water partition coefficient (Wildman–Crippen LogP) is 2.60. The molecule has 3 heteroatoms. The summed E-state index contributed by atoms with van der Waals surface area (Å²) in [6.07, 6.45) is 1.49. The first-order valence-electron chi connectivity index (χ1n) is 6.03. The van der Waals surface area contributed by atoms with Gasteiger partial charge in [0.25, 0.3) is 0 Å². The quantitative estimate of drug-likeness (QED) is 0.682. The van der Waals surface area contributed by atoms with Gasteiger partial charge in [0.1, 0.15) is 0 Å². The molecule has 0 aromatic carbocycles. The summed E-state index contributed by atoms with van der Waals surface area (Å²) in [5.41, 5.74) is 0.192. The second kappa shape index (κ2) is 6.24. The molecule has 1 N–H and O–H groups in total. The fourth-order valence-electron chi connectivity index (χ4n) is 2.50. The van der Waals surface area contributed by atoms with Crippen LogP contribution in [-0.4, -0.2) is 26.2 Å². The minimum absolute atomic E-state index is 0.00734. The van der Waals surface area contributed by atoms with E-state index in [0.717, 1.165) is 13.0 Å². The van der Waals surface area contributed by atoms with Crippen molar-refractivity contribution < 1.29 is 9.53 Å². The molecule has 0 spiro atoms. The van der Waals surface area contributed by atoms with E-state index in [1.165, 1.54) is 0 Å². The van der Waals surface area contributed by atoms with Crippen molar-refractivity contribution in [2.24, 2.45) is 10.8 Å². The van der Waals surface area contributed by atoms with E-state index in [1.807, 2.05) is 14.0 Å². The molecule has 0 amide bonds. The molecule has 16 heavy (non-hydrogen) atoms. The molecular weight excluding hydrogens is 202 g/mol. The minimum Gasteiger partial charge on any atom is -0.466 e. The van der Waals surface area contributed by atoms with Gasteiger partial charge >= 0.3 is 5.97 Å². The molecule has 0 bridgehead atoms. The largest absolute Gasteiger partial charge is 0.466 e. The standard InChI is InChI=1S/C13H27NO2/c1-7-16-11(15)8-12(2,3)9-13(4,5)10-14-6/h14H,7-10H2,1-6H3. The van der Waals surface area contributed by atoms with Gasteiger partial charge in [-0.15, -0.1) is 0 Å². The number of esters is 1. The SMILES string of the molecule is CCOC(=O)CC(C)(C)CC(C)(C)CNC. The Labute approximate surface area is 99.9 Å². The number of hydrogen-bond acceptors (Lipinski definition) is 3. The second-order valence-corrected chi connectivity index (χ2v) is 6.02. The summed E-state index contributed by atoms with van der Waals surface area (Å²) in [6, 6.07) is 0. The van der Waals surface area contributed by atoms with Crippen molar-refractivity contribution in [1.29, 1.82) is 0 Å². The van der Waals surface area contributed by atoms with E-state index >= 15 is 0 Å². The maximum Gasteiger partial charge on any atom is 0.306 e. The van der Waals surface area contributed by atoms with Gasteiger partial charge < -0.3 is 10.1 Å². The van der Waals surface area contributed by atoms with Crippen molar-refractivity contribution in [2.75, 3.05) is 20.2 Å². The molecule has 0 atom stereocenters. The Kier molecular flexibility index (Phi) is 6.01. The van der Waals surface area contributed by atoms with Crippen molar-refractivity contribution in [3.05, 3.63) is 0 Å². The summed E-state index contributed by atoms with van der Waals surface area (Å²) in [5.74, 6) is -0.0900. The van der Waals surface area contributed by atoms with E-state index in [9.17, 15) is 4.79 Å². The molecule has 3 nitrogen and oxygen atoms in total. The zero-order chi connectivity index (χ0) is 12.8. The molecule has 96 valence electrons. The zero-order valence-corrected chi connectivity index (χ0v) is 11.6. The van der Waals surface area contributed by atoms with Crippen LogP contribution in [0, 0.1) is 10.8 Å². The number of ether oxygens (including phenoxy) is 1. The molecule has 0 aliphatic carbocycles. The van der Waals surface area contributed by atoms with Crippen LogP contribution in [0.25, 0.3) is 0 Å². The number of hydrogen-bond donors (Lipinski definition) is 1. The monoisotopic (exact) mass is 229 g/mol. The van der Waals surface area contributed by atoms with Gasteiger partial charge in [0, 0.05) is 0 Å². The molecule has 0 saturated carbocycles. The first kappa shape index (κ1) is 15.4. The molecule has 0 aromatic rings. The normalized spacial score (nSPS) is 12.6. The maximum atomic E-state index is 11.5. The van der Waals surface area contributed by atoms with E-state index in [0.29, 0.717) is 13.0 Å². The molecule has 0 aliphatic heterocycles. The van der Waals surface area contributed by atoms with Crippen LogP contribution < -0.4 is 5.32 Å². The Morgan fingerprint density at radius 3 is 2.19 bits per heavy atom. The van der Waals surface area contributed by atoms with Crippen LogP contribution in [-0.2, 0) is 9.53 Å². The highest BCUT2D eigenvalue weighted by Crippen LogP contribution is 2.35. The molecule has 0 unspecified atom stereocenters. The molecule has 0 rings (SSSR count). The van der Waals surface area contributed by atoms with Gasteiger partial charge in [-0.3, -0.25) is 4.79 Å².